The van der Waals surface area contributed by atoms with Crippen LogP contribution >= 0.6 is 11.6 Å². The van der Waals surface area contributed by atoms with Crippen LogP contribution in [-0.4, -0.2) is 109 Å². The predicted octanol–water partition coefficient (Wildman–Crippen LogP) is 6.70. The summed E-state index contributed by atoms with van der Waals surface area (Å²) in [6, 6.07) is 8.59. The largest absolute Gasteiger partial charge is 0.490 e. The number of rotatable bonds is 4. The average molecular weight is 848 g/mol. The lowest BCUT2D eigenvalue weighted by Gasteiger charge is -2.33. The molecule has 1 saturated heterocycles. The summed E-state index contributed by atoms with van der Waals surface area (Å²) in [6.45, 7) is 5.31. The van der Waals surface area contributed by atoms with Gasteiger partial charge >= 0.3 is 36.4 Å². The minimum atomic E-state index is -5.08. The highest BCUT2D eigenvalue weighted by atomic mass is 35.5. The number of hydrogen-bond donors (Lipinski definition) is 5. The summed E-state index contributed by atoms with van der Waals surface area (Å²) >= 11 is 6.40. The number of aromatic nitrogens is 3. The van der Waals surface area contributed by atoms with Gasteiger partial charge in [-0.3, -0.25) is 9.78 Å². The molecule has 6 bridgehead atoms. The van der Waals surface area contributed by atoms with Gasteiger partial charge in [0.1, 0.15) is 5.02 Å². The smallest absolute Gasteiger partial charge is 0.475 e. The van der Waals surface area contributed by atoms with E-state index in [9.17, 15) is 44.3 Å². The van der Waals surface area contributed by atoms with Gasteiger partial charge in [-0.2, -0.15) is 44.5 Å². The fourth-order valence-electron chi connectivity index (χ4n) is 5.07. The summed E-state index contributed by atoms with van der Waals surface area (Å²) in [6.07, 6.45) is -6.04. The number of aliphatic carboxylic acids is 3. The van der Waals surface area contributed by atoms with Crippen LogP contribution in [0.1, 0.15) is 36.5 Å². The molecule has 24 heteroatoms. The van der Waals surface area contributed by atoms with Gasteiger partial charge in [0.2, 0.25) is 11.9 Å². The van der Waals surface area contributed by atoms with Crippen molar-refractivity contribution in [2.75, 3.05) is 37.3 Å². The molecule has 5 N–H and O–H groups in total. The van der Waals surface area contributed by atoms with Gasteiger partial charge < -0.3 is 35.8 Å². The number of piperidine rings is 1. The molecule has 2 aromatic heterocycles. The maximum absolute atomic E-state index is 11.6. The zero-order valence-corrected chi connectivity index (χ0v) is 30.5. The normalized spacial score (nSPS) is 14.2. The second-order valence-electron chi connectivity index (χ2n) is 12.3. The Morgan fingerprint density at radius 3 is 1.88 bits per heavy atom. The van der Waals surface area contributed by atoms with Crippen LogP contribution in [0.3, 0.4) is 0 Å². The number of anilines is 4. The van der Waals surface area contributed by atoms with Gasteiger partial charge in [-0.05, 0) is 73.5 Å². The van der Waals surface area contributed by atoms with Crippen LogP contribution in [0.15, 0.2) is 42.9 Å². The van der Waals surface area contributed by atoms with E-state index in [1.165, 1.54) is 11.1 Å². The van der Waals surface area contributed by atoms with E-state index in [0.717, 1.165) is 68.8 Å². The number of fused-ring (bicyclic) bond motifs is 6. The van der Waals surface area contributed by atoms with Gasteiger partial charge in [0, 0.05) is 45.0 Å². The molecular weight excluding hydrogens is 813 g/mol. The number of alkyl halides is 9. The monoisotopic (exact) mass is 847 g/mol. The number of amides is 1. The first kappa shape index (κ1) is 47.7. The highest BCUT2D eigenvalue weighted by Crippen LogP contribution is 2.29. The van der Waals surface area contributed by atoms with Gasteiger partial charge in [-0.25, -0.2) is 19.4 Å². The number of pyridine rings is 1. The molecule has 2 aliphatic heterocycles. The summed E-state index contributed by atoms with van der Waals surface area (Å²) < 4.78 is 95.2. The lowest BCUT2D eigenvalue weighted by Crippen LogP contribution is -2.39. The second-order valence-corrected chi connectivity index (χ2v) is 12.7. The molecule has 0 saturated carbocycles. The lowest BCUT2D eigenvalue weighted by molar-refractivity contribution is -0.193. The minimum absolute atomic E-state index is 0.187. The Bertz CT molecular complexity index is 1800. The van der Waals surface area contributed by atoms with E-state index >= 15 is 0 Å². The number of nitrogens with zero attached hydrogens (tertiary/aromatic N) is 5. The van der Waals surface area contributed by atoms with Crippen molar-refractivity contribution in [3.05, 3.63) is 64.6 Å². The first-order valence-electron chi connectivity index (χ1n) is 16.2. The number of carboxylic acid groups (broad SMARTS) is 3. The summed E-state index contributed by atoms with van der Waals surface area (Å²) in [7, 11) is 2.19. The second kappa shape index (κ2) is 20.6. The molecule has 0 atom stereocenters. The molecule has 5 rings (SSSR count). The summed E-state index contributed by atoms with van der Waals surface area (Å²) in [5.41, 5.74) is 5.56. The zero-order chi connectivity index (χ0) is 43.3. The number of likely N-dealkylation sites (tertiary alicyclic amines) is 1. The molecule has 2 aliphatic rings. The molecule has 1 amide bonds. The number of carboxylic acids is 3. The molecule has 4 heterocycles. The number of hydrogen-bond acceptors (Lipinski definition) is 10. The molecule has 14 nitrogen and oxygen atoms in total. The molecule has 0 radical (unpaired) electrons. The van der Waals surface area contributed by atoms with E-state index in [1.807, 2.05) is 11.1 Å². The van der Waals surface area contributed by atoms with Crippen LogP contribution in [0.4, 0.5) is 62.7 Å². The number of aryl methyl sites for hydroxylation is 2. The quantitative estimate of drug-likeness (QED) is 0.174. The molecule has 1 fully saturated rings. The Morgan fingerprint density at radius 2 is 1.37 bits per heavy atom. The number of carbonyl (C=O) groups is 4. The van der Waals surface area contributed by atoms with Crippen molar-refractivity contribution < 1.29 is 74.0 Å². The van der Waals surface area contributed by atoms with E-state index in [-0.39, 0.29) is 5.91 Å². The molecule has 1 aromatic carbocycles. The van der Waals surface area contributed by atoms with Gasteiger partial charge in [-0.15, -0.1) is 0 Å². The maximum Gasteiger partial charge on any atom is 0.490 e. The fraction of sp³-hybridized carbons (Fsp3) is 0.424. The van der Waals surface area contributed by atoms with Crippen molar-refractivity contribution in [3.63, 3.8) is 0 Å². The molecule has 0 unspecified atom stereocenters. The number of halogens is 10. The van der Waals surface area contributed by atoms with Crippen molar-refractivity contribution in [1.29, 1.82) is 0 Å². The van der Waals surface area contributed by atoms with Gasteiger partial charge in [0.05, 0.1) is 18.1 Å². The first-order valence-corrected chi connectivity index (χ1v) is 16.6. The molecule has 57 heavy (non-hydrogen) atoms. The van der Waals surface area contributed by atoms with Crippen LogP contribution in [0.2, 0.25) is 5.02 Å². The Kier molecular flexibility index (Phi) is 17.3. The summed E-state index contributed by atoms with van der Waals surface area (Å²) in [4.78, 5) is 56.0. The van der Waals surface area contributed by atoms with Crippen molar-refractivity contribution in [1.82, 2.24) is 24.8 Å². The van der Waals surface area contributed by atoms with Crippen molar-refractivity contribution in [2.24, 2.45) is 5.92 Å². The van der Waals surface area contributed by atoms with Crippen LogP contribution in [0.25, 0.3) is 0 Å². The van der Waals surface area contributed by atoms with Crippen LogP contribution in [0.5, 0.6) is 0 Å². The Balaban J connectivity index is 0.000000438. The Morgan fingerprint density at radius 1 is 0.825 bits per heavy atom. The maximum atomic E-state index is 11.6. The molecule has 314 valence electrons. The van der Waals surface area contributed by atoms with E-state index in [1.54, 1.807) is 19.3 Å². The molecule has 3 aromatic rings. The van der Waals surface area contributed by atoms with Gasteiger partial charge in [-0.1, -0.05) is 17.7 Å². The van der Waals surface area contributed by atoms with Crippen molar-refractivity contribution in [2.45, 2.75) is 57.7 Å². The zero-order valence-electron chi connectivity index (χ0n) is 29.8. The molecular formula is C33H35ClF9N7O7. The van der Waals surface area contributed by atoms with E-state index in [2.05, 4.69) is 61.8 Å². The van der Waals surface area contributed by atoms with Crippen LogP contribution in [0, 0.1) is 5.92 Å². The average Bonchev–Trinajstić information content (AvgIpc) is 3.10. The highest BCUT2D eigenvalue weighted by Gasteiger charge is 2.39. The van der Waals surface area contributed by atoms with E-state index in [0.29, 0.717) is 22.7 Å². The van der Waals surface area contributed by atoms with Gasteiger partial charge in [0.25, 0.3) is 0 Å². The fourth-order valence-corrected chi connectivity index (χ4v) is 5.21. The van der Waals surface area contributed by atoms with E-state index in [4.69, 9.17) is 41.3 Å². The number of benzene rings is 1. The lowest BCUT2D eigenvalue weighted by atomic mass is 9.95. The minimum Gasteiger partial charge on any atom is -0.475 e. The third-order valence-corrected chi connectivity index (χ3v) is 8.02. The highest BCUT2D eigenvalue weighted by molar-refractivity contribution is 6.32. The third-order valence-electron chi connectivity index (χ3n) is 7.74. The van der Waals surface area contributed by atoms with Crippen molar-refractivity contribution in [3.8, 4) is 0 Å². The third kappa shape index (κ3) is 17.1. The Labute approximate surface area is 322 Å². The summed E-state index contributed by atoms with van der Waals surface area (Å²) in [5, 5.41) is 28.4. The van der Waals surface area contributed by atoms with Crippen molar-refractivity contribution >= 4 is 58.6 Å². The van der Waals surface area contributed by atoms with E-state index < -0.39 is 36.4 Å². The SMILES string of the molecule is CC(=O)N1CCC(CN(C)Cc2ccc3cc2CCc2cncc(c2)Nc2ncc(Cl)c(n2)N3)CC1.O=C(O)C(F)(F)F.O=C(O)C(F)(F)F.O=C(O)C(F)(F)F. The van der Waals surface area contributed by atoms with Crippen LogP contribution in [-0.2, 0) is 38.6 Å². The molecule has 0 aliphatic carbocycles. The van der Waals surface area contributed by atoms with Gasteiger partial charge in [0.15, 0.2) is 5.82 Å². The van der Waals surface area contributed by atoms with Crippen LogP contribution < -0.4 is 10.6 Å². The standard InChI is InChI=1S/C27H32ClN7O.3C2HF3O2/c1-18(36)35-9-7-19(8-10-35)16-34(2)17-22-5-6-23-12-21(22)4-3-20-11-24(14-29-13-20)32-27-30-15-25(28)26(31-23)33-27;3*3-2(4,5)1(6)7/h5-6,11-15,19H,3-4,7-10,16-17H2,1-2H3,(H2,30,31,32,33);3*(H,6,7). The number of nitrogens with one attached hydrogen (secondary N) is 2. The first-order chi connectivity index (χ1) is 26.3. The number of carbonyl (C=O) groups excluding carboxylic acids is 1. The topological polar surface area (TPSA) is 198 Å². The predicted molar refractivity (Wildman–Crippen MR) is 184 cm³/mol. The Hall–Kier alpha value is -5.45. The molecule has 0 spiro atoms. The summed E-state index contributed by atoms with van der Waals surface area (Å²) in [5.74, 6) is -6.44.